The predicted octanol–water partition coefficient (Wildman–Crippen LogP) is 3.54. The van der Waals surface area contributed by atoms with Crippen molar-refractivity contribution in [3.63, 3.8) is 0 Å². The maximum absolute atomic E-state index is 3.60. The van der Waals surface area contributed by atoms with Crippen LogP contribution in [0, 0.1) is 0 Å². The summed E-state index contributed by atoms with van der Waals surface area (Å²) >= 11 is 3.87. The van der Waals surface area contributed by atoms with E-state index >= 15 is 0 Å². The van der Waals surface area contributed by atoms with Crippen molar-refractivity contribution in [2.75, 3.05) is 18.1 Å². The molecule has 1 rings (SSSR count). The highest BCUT2D eigenvalue weighted by molar-refractivity contribution is 7.99. The molecule has 3 heteroatoms. The zero-order valence-electron chi connectivity index (χ0n) is 8.95. The van der Waals surface area contributed by atoms with Crippen LogP contribution in [-0.4, -0.2) is 18.1 Å². The van der Waals surface area contributed by atoms with Gasteiger partial charge in [0.25, 0.3) is 0 Å². The van der Waals surface area contributed by atoms with Crippen LogP contribution in [-0.2, 0) is 0 Å². The fourth-order valence-electron chi connectivity index (χ4n) is 1.29. The monoisotopic (exact) mass is 229 g/mol. The smallest absolute Gasteiger partial charge is 0.0506 e. The van der Waals surface area contributed by atoms with Crippen molar-refractivity contribution >= 4 is 23.1 Å². The molecule has 1 N–H and O–H groups in total. The Bertz CT molecular complexity index is 213. The molecule has 0 saturated heterocycles. The second-order valence-electron chi connectivity index (χ2n) is 3.18. The summed E-state index contributed by atoms with van der Waals surface area (Å²) in [5.74, 6) is 2.40. The molecule has 1 aromatic rings. The Morgan fingerprint density at radius 3 is 2.93 bits per heavy atom. The van der Waals surface area contributed by atoms with Gasteiger partial charge in [-0.3, -0.25) is 0 Å². The van der Waals surface area contributed by atoms with Crippen molar-refractivity contribution in [3.8, 4) is 0 Å². The molecule has 1 atom stereocenters. The van der Waals surface area contributed by atoms with E-state index in [0.717, 1.165) is 6.54 Å². The molecule has 0 spiro atoms. The third kappa shape index (κ3) is 4.03. The Kier molecular flexibility index (Phi) is 6.32. The molecule has 0 aromatic carbocycles. The van der Waals surface area contributed by atoms with Crippen LogP contribution in [0.5, 0.6) is 0 Å². The van der Waals surface area contributed by atoms with Crippen LogP contribution >= 0.6 is 23.1 Å². The zero-order chi connectivity index (χ0) is 10.2. The van der Waals surface area contributed by atoms with Gasteiger partial charge in [-0.05, 0) is 30.2 Å². The Morgan fingerprint density at radius 1 is 1.50 bits per heavy atom. The van der Waals surface area contributed by atoms with E-state index < -0.39 is 0 Å². The van der Waals surface area contributed by atoms with Crippen molar-refractivity contribution in [2.45, 2.75) is 26.3 Å². The molecule has 0 saturated carbocycles. The van der Waals surface area contributed by atoms with Crippen LogP contribution in [0.2, 0.25) is 0 Å². The Balaban J connectivity index is 2.44. The van der Waals surface area contributed by atoms with E-state index in [4.69, 9.17) is 0 Å². The second-order valence-corrected chi connectivity index (χ2v) is 5.48. The van der Waals surface area contributed by atoms with Gasteiger partial charge in [-0.15, -0.1) is 11.3 Å². The molecule has 1 heterocycles. The summed E-state index contributed by atoms with van der Waals surface area (Å²) in [7, 11) is 0. The third-order valence-electron chi connectivity index (χ3n) is 2.02. The molecular formula is C11H19NS2. The summed E-state index contributed by atoms with van der Waals surface area (Å²) in [6, 6.07) is 4.92. The zero-order valence-corrected chi connectivity index (χ0v) is 10.6. The molecule has 0 fully saturated rings. The number of rotatable bonds is 7. The van der Waals surface area contributed by atoms with E-state index in [0.29, 0.717) is 6.04 Å². The topological polar surface area (TPSA) is 12.0 Å². The predicted molar refractivity (Wildman–Crippen MR) is 68.4 cm³/mol. The number of thioether (sulfide) groups is 1. The summed E-state index contributed by atoms with van der Waals surface area (Å²) in [6.45, 7) is 5.55. The molecule has 80 valence electrons. The molecule has 0 aliphatic carbocycles. The van der Waals surface area contributed by atoms with E-state index in [9.17, 15) is 0 Å². The SMILES string of the molecule is CCCNC(CSCC)c1cccs1. The summed E-state index contributed by atoms with van der Waals surface area (Å²) < 4.78 is 0. The third-order valence-corrected chi connectivity index (χ3v) is 3.98. The lowest BCUT2D eigenvalue weighted by Crippen LogP contribution is -2.23. The van der Waals surface area contributed by atoms with Gasteiger partial charge in [-0.1, -0.05) is 19.9 Å². The average Bonchev–Trinajstić information content (AvgIpc) is 2.71. The van der Waals surface area contributed by atoms with Crippen LogP contribution in [0.3, 0.4) is 0 Å². The molecule has 0 aliphatic rings. The van der Waals surface area contributed by atoms with E-state index in [-0.39, 0.29) is 0 Å². The van der Waals surface area contributed by atoms with E-state index in [1.54, 1.807) is 0 Å². The van der Waals surface area contributed by atoms with Crippen molar-refractivity contribution in [1.82, 2.24) is 5.32 Å². The minimum Gasteiger partial charge on any atom is -0.309 e. The molecule has 14 heavy (non-hydrogen) atoms. The van der Waals surface area contributed by atoms with Crippen LogP contribution in [0.4, 0.5) is 0 Å². The maximum atomic E-state index is 3.60. The number of thiophene rings is 1. The minimum absolute atomic E-state index is 0.555. The number of hydrogen-bond acceptors (Lipinski definition) is 3. The van der Waals surface area contributed by atoms with Crippen LogP contribution in [0.1, 0.15) is 31.2 Å². The van der Waals surface area contributed by atoms with E-state index in [2.05, 4.69) is 36.7 Å². The van der Waals surface area contributed by atoms with Gasteiger partial charge in [0.2, 0.25) is 0 Å². The summed E-state index contributed by atoms with van der Waals surface area (Å²) in [5.41, 5.74) is 0. The molecule has 0 amide bonds. The van der Waals surface area contributed by atoms with Gasteiger partial charge in [-0.25, -0.2) is 0 Å². The second kappa shape index (κ2) is 7.32. The standard InChI is InChI=1S/C11H19NS2/c1-3-7-12-10(9-13-4-2)11-6-5-8-14-11/h5-6,8,10,12H,3-4,7,9H2,1-2H3. The highest BCUT2D eigenvalue weighted by Gasteiger charge is 2.10. The van der Waals surface area contributed by atoms with Gasteiger partial charge in [0.15, 0.2) is 0 Å². The molecule has 1 aromatic heterocycles. The molecule has 0 radical (unpaired) electrons. The van der Waals surface area contributed by atoms with Crippen LogP contribution < -0.4 is 5.32 Å². The highest BCUT2D eigenvalue weighted by Crippen LogP contribution is 2.22. The fraction of sp³-hybridized carbons (Fsp3) is 0.636. The maximum Gasteiger partial charge on any atom is 0.0506 e. The molecule has 0 aliphatic heterocycles. The molecule has 0 bridgehead atoms. The normalized spacial score (nSPS) is 13.0. The lowest BCUT2D eigenvalue weighted by atomic mass is 10.2. The van der Waals surface area contributed by atoms with Gasteiger partial charge in [0.1, 0.15) is 0 Å². The van der Waals surface area contributed by atoms with Crippen molar-refractivity contribution in [1.29, 1.82) is 0 Å². The number of nitrogens with one attached hydrogen (secondary N) is 1. The fourth-order valence-corrected chi connectivity index (χ4v) is 2.96. The van der Waals surface area contributed by atoms with Crippen LogP contribution in [0.25, 0.3) is 0 Å². The average molecular weight is 229 g/mol. The Morgan fingerprint density at radius 2 is 2.36 bits per heavy atom. The minimum atomic E-state index is 0.555. The first kappa shape index (κ1) is 12.1. The summed E-state index contributed by atoms with van der Waals surface area (Å²) in [4.78, 5) is 1.47. The van der Waals surface area contributed by atoms with Crippen LogP contribution in [0.15, 0.2) is 17.5 Å². The first-order valence-electron chi connectivity index (χ1n) is 5.23. The Labute approximate surface area is 95.3 Å². The highest BCUT2D eigenvalue weighted by atomic mass is 32.2. The van der Waals surface area contributed by atoms with Gasteiger partial charge < -0.3 is 5.32 Å². The lowest BCUT2D eigenvalue weighted by molar-refractivity contribution is 0.585. The lowest BCUT2D eigenvalue weighted by Gasteiger charge is -2.16. The van der Waals surface area contributed by atoms with Gasteiger partial charge in [0, 0.05) is 10.6 Å². The first-order chi connectivity index (χ1) is 6.88. The molecule has 1 unspecified atom stereocenters. The first-order valence-corrected chi connectivity index (χ1v) is 7.26. The number of hydrogen-bond donors (Lipinski definition) is 1. The van der Waals surface area contributed by atoms with Gasteiger partial charge >= 0.3 is 0 Å². The van der Waals surface area contributed by atoms with Crippen molar-refractivity contribution in [3.05, 3.63) is 22.4 Å². The van der Waals surface area contributed by atoms with Crippen molar-refractivity contribution < 1.29 is 0 Å². The molecular weight excluding hydrogens is 210 g/mol. The molecule has 1 nitrogen and oxygen atoms in total. The largest absolute Gasteiger partial charge is 0.309 e. The Hall–Kier alpha value is 0.01000. The van der Waals surface area contributed by atoms with Gasteiger partial charge in [0.05, 0.1) is 6.04 Å². The summed E-state index contributed by atoms with van der Waals surface area (Å²) in [5, 5.41) is 5.76. The summed E-state index contributed by atoms with van der Waals surface area (Å²) in [6.07, 6.45) is 1.21. The van der Waals surface area contributed by atoms with Gasteiger partial charge in [-0.2, -0.15) is 11.8 Å². The van der Waals surface area contributed by atoms with Crippen molar-refractivity contribution in [2.24, 2.45) is 0 Å². The quantitative estimate of drug-likeness (QED) is 0.767. The van der Waals surface area contributed by atoms with E-state index in [1.165, 1.54) is 22.8 Å². The van der Waals surface area contributed by atoms with E-state index in [1.807, 2.05) is 23.1 Å².